The lowest BCUT2D eigenvalue weighted by Crippen LogP contribution is -2.33. The van der Waals surface area contributed by atoms with Crippen molar-refractivity contribution in [1.29, 1.82) is 0 Å². The van der Waals surface area contributed by atoms with Crippen LogP contribution in [0.1, 0.15) is 48.5 Å². The molecule has 0 saturated heterocycles. The lowest BCUT2D eigenvalue weighted by Gasteiger charge is -2.25. The van der Waals surface area contributed by atoms with Crippen molar-refractivity contribution in [2.24, 2.45) is 0 Å². The molecule has 1 aliphatic carbocycles. The van der Waals surface area contributed by atoms with E-state index in [4.69, 9.17) is 9.15 Å². The second-order valence-corrected chi connectivity index (χ2v) is 10.6. The first kappa shape index (κ1) is 24.8. The molecule has 1 amide bonds. The summed E-state index contributed by atoms with van der Waals surface area (Å²) in [5, 5.41) is 3.24. The molecule has 0 radical (unpaired) electrons. The molecular weight excluding hydrogens is 471 g/mol. The number of fused-ring (bicyclic) bond motifs is 1. The van der Waals surface area contributed by atoms with Crippen molar-refractivity contribution in [3.63, 3.8) is 0 Å². The quantitative estimate of drug-likeness (QED) is 0.409. The zero-order chi connectivity index (χ0) is 25.3. The molecule has 1 N–H and O–H groups in total. The zero-order valence-corrected chi connectivity index (χ0v) is 21.0. The van der Waals surface area contributed by atoms with Crippen LogP contribution in [0.25, 0.3) is 22.3 Å². The summed E-state index contributed by atoms with van der Waals surface area (Å²) >= 11 is 0. The van der Waals surface area contributed by atoms with Crippen molar-refractivity contribution in [3.8, 4) is 11.3 Å². The second-order valence-electron chi connectivity index (χ2n) is 8.66. The van der Waals surface area contributed by atoms with Gasteiger partial charge in [0.15, 0.2) is 0 Å². The fraction of sp³-hybridized carbons (Fsp3) is 0.346. The summed E-state index contributed by atoms with van der Waals surface area (Å²) < 4.78 is 52.2. The predicted molar refractivity (Wildman–Crippen MR) is 135 cm³/mol. The Hall–Kier alpha value is -3.33. The van der Waals surface area contributed by atoms with E-state index in [9.17, 15) is 17.6 Å². The Morgan fingerprint density at radius 2 is 1.94 bits per heavy atom. The number of hydrogen-bond acceptors (Lipinski definition) is 5. The van der Waals surface area contributed by atoms with Crippen LogP contribution in [0.3, 0.4) is 0 Å². The number of carbonyl (C=O) groups excluding carboxylic acids is 1. The average molecular weight is 501 g/mol. The maximum atomic E-state index is 13.5. The Labute approximate surface area is 204 Å². The van der Waals surface area contributed by atoms with Crippen molar-refractivity contribution < 1.29 is 26.8 Å². The molecule has 1 aromatic heterocycles. The summed E-state index contributed by atoms with van der Waals surface area (Å²) in [4.78, 5) is 12.9. The summed E-state index contributed by atoms with van der Waals surface area (Å²) in [7, 11) is -2.10. The van der Waals surface area contributed by atoms with Crippen LogP contribution in [0.5, 0.6) is 0 Å². The summed E-state index contributed by atoms with van der Waals surface area (Å²) in [5.74, 6) is 0.466. The van der Waals surface area contributed by atoms with E-state index >= 15 is 0 Å². The number of ether oxygens (including phenoxy) is 1. The topological polar surface area (TPSA) is 88.8 Å². The number of carbonyl (C=O) groups is 1. The van der Waals surface area contributed by atoms with Crippen LogP contribution < -0.4 is 9.62 Å². The SMILES string of the molecule is C/C=C(/C)OCCN(c1cc2oc(-c3ccc(F)cc3)c(C(=O)NC)c2cc1C1CC1)S(C)(=O)=O. The fourth-order valence-corrected chi connectivity index (χ4v) is 5.00. The molecule has 1 aliphatic rings. The molecule has 0 atom stereocenters. The number of sulfonamides is 1. The Morgan fingerprint density at radius 3 is 2.51 bits per heavy atom. The molecule has 0 unspecified atom stereocenters. The molecule has 3 aromatic rings. The normalized spacial score (nSPS) is 14.3. The van der Waals surface area contributed by atoms with Crippen molar-refractivity contribution in [2.45, 2.75) is 32.6 Å². The van der Waals surface area contributed by atoms with E-state index in [0.29, 0.717) is 39.3 Å². The number of rotatable bonds is 9. The van der Waals surface area contributed by atoms with Crippen LogP contribution in [0.2, 0.25) is 0 Å². The van der Waals surface area contributed by atoms with Gasteiger partial charge in [-0.25, -0.2) is 12.8 Å². The van der Waals surface area contributed by atoms with E-state index in [1.807, 2.05) is 26.0 Å². The van der Waals surface area contributed by atoms with E-state index in [1.165, 1.54) is 29.7 Å². The van der Waals surface area contributed by atoms with E-state index in [1.54, 1.807) is 18.2 Å². The minimum atomic E-state index is -3.63. The maximum Gasteiger partial charge on any atom is 0.255 e. The molecule has 2 aromatic carbocycles. The fourth-order valence-electron chi connectivity index (χ4n) is 4.08. The first-order chi connectivity index (χ1) is 16.6. The number of hydrogen-bond donors (Lipinski definition) is 1. The molecule has 0 spiro atoms. The molecule has 0 bridgehead atoms. The number of amides is 1. The third-order valence-corrected chi connectivity index (χ3v) is 7.29. The Bertz CT molecular complexity index is 1390. The van der Waals surface area contributed by atoms with Gasteiger partial charge in [0.25, 0.3) is 5.91 Å². The molecule has 0 aliphatic heterocycles. The van der Waals surface area contributed by atoms with Crippen molar-refractivity contribution in [1.82, 2.24) is 5.32 Å². The van der Waals surface area contributed by atoms with Crippen LogP contribution in [0.4, 0.5) is 10.1 Å². The Balaban J connectivity index is 1.89. The molecule has 4 rings (SSSR count). The van der Waals surface area contributed by atoms with E-state index in [0.717, 1.165) is 18.4 Å². The molecule has 1 saturated carbocycles. The van der Waals surface area contributed by atoms with Gasteiger partial charge in [0.1, 0.15) is 23.8 Å². The maximum absolute atomic E-state index is 13.5. The zero-order valence-electron chi connectivity index (χ0n) is 20.2. The highest BCUT2D eigenvalue weighted by molar-refractivity contribution is 7.92. The van der Waals surface area contributed by atoms with Gasteiger partial charge in [-0.05, 0) is 68.5 Å². The number of nitrogens with zero attached hydrogens (tertiary/aromatic N) is 1. The Morgan fingerprint density at radius 1 is 1.26 bits per heavy atom. The van der Waals surface area contributed by atoms with Gasteiger partial charge < -0.3 is 14.5 Å². The standard InChI is InChI=1S/C26H29FN2O5S/c1-5-16(2)33-13-12-29(35(4,31)32)22-15-23-21(14-20(22)17-6-7-17)24(26(30)28-3)25(34-23)18-8-10-19(27)11-9-18/h5,8-11,14-15,17H,6-7,12-13H2,1-4H3,(H,28,30)/b16-5-. The van der Waals surface area contributed by atoms with Crippen LogP contribution in [0.15, 0.2) is 52.7 Å². The number of allylic oxidation sites excluding steroid dienone is 2. The Kier molecular flexibility index (Phi) is 6.89. The number of anilines is 1. The van der Waals surface area contributed by atoms with Crippen LogP contribution in [0, 0.1) is 5.82 Å². The summed E-state index contributed by atoms with van der Waals surface area (Å²) in [6.07, 6.45) is 4.84. The average Bonchev–Trinajstić information content (AvgIpc) is 3.60. The number of halogens is 1. The molecular formula is C26H29FN2O5S. The van der Waals surface area contributed by atoms with Gasteiger partial charge in [-0.2, -0.15) is 0 Å². The minimum Gasteiger partial charge on any atom is -0.497 e. The smallest absolute Gasteiger partial charge is 0.255 e. The third-order valence-electron chi connectivity index (χ3n) is 6.11. The second kappa shape index (κ2) is 9.73. The highest BCUT2D eigenvalue weighted by Crippen LogP contribution is 2.48. The third kappa shape index (κ3) is 5.19. The molecule has 35 heavy (non-hydrogen) atoms. The van der Waals surface area contributed by atoms with Crippen LogP contribution >= 0.6 is 0 Å². The number of nitrogens with one attached hydrogen (secondary N) is 1. The lowest BCUT2D eigenvalue weighted by molar-refractivity contribution is 0.0964. The van der Waals surface area contributed by atoms with Gasteiger partial charge in [0.05, 0.1) is 29.8 Å². The van der Waals surface area contributed by atoms with E-state index in [-0.39, 0.29) is 25.0 Å². The van der Waals surface area contributed by atoms with E-state index < -0.39 is 15.8 Å². The molecule has 9 heteroatoms. The van der Waals surface area contributed by atoms with Gasteiger partial charge in [-0.15, -0.1) is 0 Å². The summed E-state index contributed by atoms with van der Waals surface area (Å²) in [6, 6.07) is 9.24. The lowest BCUT2D eigenvalue weighted by atomic mass is 10.0. The van der Waals surface area contributed by atoms with Gasteiger partial charge in [-0.1, -0.05) is 6.08 Å². The summed E-state index contributed by atoms with van der Waals surface area (Å²) in [5.41, 5.74) is 2.63. The van der Waals surface area contributed by atoms with Crippen LogP contribution in [-0.4, -0.2) is 40.8 Å². The van der Waals surface area contributed by atoms with Gasteiger partial charge in [-0.3, -0.25) is 9.10 Å². The highest BCUT2D eigenvalue weighted by atomic mass is 32.2. The van der Waals surface area contributed by atoms with Gasteiger partial charge >= 0.3 is 0 Å². The predicted octanol–water partition coefficient (Wildman–Crippen LogP) is 5.18. The summed E-state index contributed by atoms with van der Waals surface area (Å²) in [6.45, 7) is 3.98. The number of furan rings is 1. The minimum absolute atomic E-state index is 0.128. The molecule has 7 nitrogen and oxygen atoms in total. The largest absolute Gasteiger partial charge is 0.497 e. The molecule has 1 heterocycles. The first-order valence-electron chi connectivity index (χ1n) is 11.5. The monoisotopic (exact) mass is 500 g/mol. The van der Waals surface area contributed by atoms with Crippen LogP contribution in [-0.2, 0) is 14.8 Å². The van der Waals surface area contributed by atoms with Gasteiger partial charge in [0, 0.05) is 24.1 Å². The van der Waals surface area contributed by atoms with E-state index in [2.05, 4.69) is 5.32 Å². The first-order valence-corrected chi connectivity index (χ1v) is 13.3. The molecule has 186 valence electrons. The molecule has 1 fully saturated rings. The van der Waals surface area contributed by atoms with Crippen molar-refractivity contribution >= 4 is 32.6 Å². The van der Waals surface area contributed by atoms with Crippen molar-refractivity contribution in [2.75, 3.05) is 30.8 Å². The number of benzene rings is 2. The van der Waals surface area contributed by atoms with Gasteiger partial charge in [0.2, 0.25) is 10.0 Å². The highest BCUT2D eigenvalue weighted by Gasteiger charge is 2.33. The van der Waals surface area contributed by atoms with Crippen molar-refractivity contribution in [3.05, 3.63) is 65.2 Å².